The van der Waals surface area contributed by atoms with Crippen LogP contribution < -0.4 is 20.9 Å². The number of nitrogens with two attached hydrogens (primary N) is 1. The van der Waals surface area contributed by atoms with Crippen LogP contribution >= 0.6 is 0 Å². The van der Waals surface area contributed by atoms with Crippen LogP contribution in [0.25, 0.3) is 0 Å². The number of hydrazine groups is 1. The summed E-state index contributed by atoms with van der Waals surface area (Å²) in [4.78, 5) is 25.2. The highest BCUT2D eigenvalue weighted by molar-refractivity contribution is 5.99. The normalized spacial score (nSPS) is 13.6. The van der Waals surface area contributed by atoms with Crippen molar-refractivity contribution in [3.05, 3.63) is 47.9 Å². The van der Waals surface area contributed by atoms with Gasteiger partial charge in [0.2, 0.25) is 0 Å². The van der Waals surface area contributed by atoms with Crippen LogP contribution in [0.4, 0.5) is 5.69 Å². The summed E-state index contributed by atoms with van der Waals surface area (Å²) in [5, 5.41) is 0. The van der Waals surface area contributed by atoms with Gasteiger partial charge in [0.25, 0.3) is 11.8 Å². The SMILES string of the molecule is NNC(=O)c1ccoc1CN1C(=O)COc2ccccc21. The van der Waals surface area contributed by atoms with Gasteiger partial charge in [0.1, 0.15) is 11.5 Å². The number of nitrogens with one attached hydrogen (secondary N) is 1. The number of furan rings is 1. The van der Waals surface area contributed by atoms with E-state index in [-0.39, 0.29) is 19.1 Å². The van der Waals surface area contributed by atoms with Gasteiger partial charge >= 0.3 is 0 Å². The van der Waals surface area contributed by atoms with E-state index in [9.17, 15) is 9.59 Å². The molecule has 0 unspecified atom stereocenters. The maximum absolute atomic E-state index is 12.1. The number of nitrogens with zero attached hydrogens (tertiary/aromatic N) is 1. The molecule has 1 aromatic carbocycles. The molecule has 21 heavy (non-hydrogen) atoms. The summed E-state index contributed by atoms with van der Waals surface area (Å²) in [6.07, 6.45) is 1.39. The Hall–Kier alpha value is -2.80. The van der Waals surface area contributed by atoms with Gasteiger partial charge in [-0.25, -0.2) is 5.84 Å². The molecule has 7 heteroatoms. The monoisotopic (exact) mass is 287 g/mol. The number of carbonyl (C=O) groups is 2. The van der Waals surface area contributed by atoms with E-state index in [1.54, 1.807) is 12.1 Å². The van der Waals surface area contributed by atoms with Gasteiger partial charge in [0.05, 0.1) is 24.1 Å². The Kier molecular flexibility index (Phi) is 3.33. The van der Waals surface area contributed by atoms with Gasteiger partial charge in [0, 0.05) is 0 Å². The lowest BCUT2D eigenvalue weighted by Gasteiger charge is -2.28. The summed E-state index contributed by atoms with van der Waals surface area (Å²) in [7, 11) is 0. The Morgan fingerprint density at radius 3 is 2.95 bits per heavy atom. The lowest BCUT2D eigenvalue weighted by molar-refractivity contribution is -0.121. The number of hydrogen-bond donors (Lipinski definition) is 2. The Bertz CT molecular complexity index is 695. The number of nitrogen functional groups attached to an aromatic ring is 1. The van der Waals surface area contributed by atoms with Gasteiger partial charge in [-0.2, -0.15) is 0 Å². The standard InChI is InChI=1S/C14H13N3O4/c15-16-14(19)9-5-6-20-12(9)7-17-10-3-1-2-4-11(10)21-8-13(17)18/h1-6H,7-8,15H2,(H,16,19). The second kappa shape index (κ2) is 5.29. The highest BCUT2D eigenvalue weighted by Gasteiger charge is 2.27. The van der Waals surface area contributed by atoms with Gasteiger partial charge in [-0.05, 0) is 18.2 Å². The Labute approximate surface area is 120 Å². The fourth-order valence-corrected chi connectivity index (χ4v) is 2.21. The largest absolute Gasteiger partial charge is 0.482 e. The van der Waals surface area contributed by atoms with Crippen LogP contribution in [-0.2, 0) is 11.3 Å². The first-order valence-electron chi connectivity index (χ1n) is 6.30. The highest BCUT2D eigenvalue weighted by atomic mass is 16.5. The zero-order valence-corrected chi connectivity index (χ0v) is 11.0. The molecule has 1 aromatic heterocycles. The number of rotatable bonds is 3. The Morgan fingerprint density at radius 1 is 1.33 bits per heavy atom. The summed E-state index contributed by atoms with van der Waals surface area (Å²) in [6, 6.07) is 8.70. The quantitative estimate of drug-likeness (QED) is 0.494. The van der Waals surface area contributed by atoms with E-state index < -0.39 is 5.91 Å². The summed E-state index contributed by atoms with van der Waals surface area (Å²) >= 11 is 0. The predicted molar refractivity (Wildman–Crippen MR) is 73.5 cm³/mol. The Morgan fingerprint density at radius 2 is 2.14 bits per heavy atom. The van der Waals surface area contributed by atoms with Gasteiger partial charge < -0.3 is 9.15 Å². The van der Waals surface area contributed by atoms with Gasteiger partial charge in [-0.1, -0.05) is 12.1 Å². The van der Waals surface area contributed by atoms with Crippen molar-refractivity contribution in [1.29, 1.82) is 0 Å². The molecule has 3 rings (SSSR count). The first-order valence-corrected chi connectivity index (χ1v) is 6.30. The van der Waals surface area contributed by atoms with E-state index in [0.29, 0.717) is 22.8 Å². The molecule has 0 atom stereocenters. The van der Waals surface area contributed by atoms with Crippen LogP contribution in [0.2, 0.25) is 0 Å². The van der Waals surface area contributed by atoms with Gasteiger partial charge in [-0.3, -0.25) is 19.9 Å². The molecule has 0 aliphatic carbocycles. The number of carbonyl (C=O) groups excluding carboxylic acids is 2. The van der Waals surface area contributed by atoms with Crippen molar-refractivity contribution >= 4 is 17.5 Å². The van der Waals surface area contributed by atoms with Crippen LogP contribution in [-0.4, -0.2) is 18.4 Å². The number of amides is 2. The third-order valence-electron chi connectivity index (χ3n) is 3.23. The van der Waals surface area contributed by atoms with Crippen molar-refractivity contribution in [2.45, 2.75) is 6.54 Å². The zero-order chi connectivity index (χ0) is 14.8. The van der Waals surface area contributed by atoms with Crippen molar-refractivity contribution in [1.82, 2.24) is 5.43 Å². The number of anilines is 1. The maximum atomic E-state index is 12.1. The van der Waals surface area contributed by atoms with Crippen LogP contribution in [0.5, 0.6) is 5.75 Å². The lowest BCUT2D eigenvalue weighted by atomic mass is 10.2. The molecule has 0 fully saturated rings. The number of fused-ring (bicyclic) bond motifs is 1. The second-order valence-electron chi connectivity index (χ2n) is 4.47. The molecule has 0 saturated carbocycles. The van der Waals surface area contributed by atoms with E-state index in [1.165, 1.54) is 17.2 Å². The van der Waals surface area contributed by atoms with Crippen molar-refractivity contribution in [2.75, 3.05) is 11.5 Å². The topological polar surface area (TPSA) is 97.8 Å². The molecule has 1 aliphatic heterocycles. The molecule has 0 radical (unpaired) electrons. The van der Waals surface area contributed by atoms with E-state index in [1.807, 2.05) is 17.6 Å². The van der Waals surface area contributed by atoms with Crippen LogP contribution in [0.15, 0.2) is 41.0 Å². The van der Waals surface area contributed by atoms with Crippen molar-refractivity contribution in [3.63, 3.8) is 0 Å². The van der Waals surface area contributed by atoms with Crippen molar-refractivity contribution in [3.8, 4) is 5.75 Å². The molecule has 0 bridgehead atoms. The fourth-order valence-electron chi connectivity index (χ4n) is 2.21. The molecule has 2 heterocycles. The molecule has 108 valence electrons. The van der Waals surface area contributed by atoms with Crippen molar-refractivity contribution in [2.24, 2.45) is 5.84 Å². The molecular weight excluding hydrogens is 274 g/mol. The summed E-state index contributed by atoms with van der Waals surface area (Å²) in [5.41, 5.74) is 2.99. The van der Waals surface area contributed by atoms with Crippen molar-refractivity contribution < 1.29 is 18.7 Å². The lowest BCUT2D eigenvalue weighted by Crippen LogP contribution is -2.39. The summed E-state index contributed by atoms with van der Waals surface area (Å²) in [6.45, 7) is 0.0884. The number of para-hydroxylation sites is 2. The molecule has 3 N–H and O–H groups in total. The van der Waals surface area contributed by atoms with Crippen LogP contribution in [0.3, 0.4) is 0 Å². The van der Waals surface area contributed by atoms with Crippen LogP contribution in [0, 0.1) is 0 Å². The average Bonchev–Trinajstić information content (AvgIpc) is 2.97. The molecular formula is C14H13N3O4. The average molecular weight is 287 g/mol. The Balaban J connectivity index is 1.93. The van der Waals surface area contributed by atoms with E-state index in [4.69, 9.17) is 15.0 Å². The minimum atomic E-state index is -0.465. The zero-order valence-electron chi connectivity index (χ0n) is 11.0. The fraction of sp³-hybridized carbons (Fsp3) is 0.143. The molecule has 0 saturated heterocycles. The third kappa shape index (κ3) is 2.34. The molecule has 7 nitrogen and oxygen atoms in total. The minimum absolute atomic E-state index is 0.0455. The molecule has 1 aliphatic rings. The minimum Gasteiger partial charge on any atom is -0.482 e. The highest BCUT2D eigenvalue weighted by Crippen LogP contribution is 2.32. The van der Waals surface area contributed by atoms with Crippen LogP contribution in [0.1, 0.15) is 16.1 Å². The molecule has 0 spiro atoms. The smallest absolute Gasteiger partial charge is 0.268 e. The van der Waals surface area contributed by atoms with Gasteiger partial charge in [-0.15, -0.1) is 0 Å². The second-order valence-corrected chi connectivity index (χ2v) is 4.47. The van der Waals surface area contributed by atoms with E-state index in [2.05, 4.69) is 0 Å². The van der Waals surface area contributed by atoms with Gasteiger partial charge in [0.15, 0.2) is 6.61 Å². The first kappa shape index (κ1) is 13.2. The summed E-state index contributed by atoms with van der Waals surface area (Å²) < 4.78 is 10.7. The maximum Gasteiger partial charge on any atom is 0.268 e. The number of hydrogen-bond acceptors (Lipinski definition) is 5. The van der Waals surface area contributed by atoms with E-state index >= 15 is 0 Å². The predicted octanol–water partition coefficient (Wildman–Crippen LogP) is 0.809. The number of ether oxygens (including phenoxy) is 1. The summed E-state index contributed by atoms with van der Waals surface area (Å²) in [5.74, 6) is 5.44. The number of benzene rings is 1. The first-order chi connectivity index (χ1) is 10.2. The third-order valence-corrected chi connectivity index (χ3v) is 3.23. The van der Waals surface area contributed by atoms with E-state index in [0.717, 1.165) is 0 Å². The molecule has 2 aromatic rings. The molecule has 2 amide bonds.